The van der Waals surface area contributed by atoms with Gasteiger partial charge in [-0.3, -0.25) is 0 Å². The van der Waals surface area contributed by atoms with Crippen molar-refractivity contribution in [3.63, 3.8) is 0 Å². The second-order valence-corrected chi connectivity index (χ2v) is 5.54. The van der Waals surface area contributed by atoms with Crippen LogP contribution >= 0.6 is 0 Å². The third-order valence-corrected chi connectivity index (χ3v) is 3.70. The predicted octanol–water partition coefficient (Wildman–Crippen LogP) is 3.30. The number of hydrogen-bond donors (Lipinski definition) is 2. The Balaban J connectivity index is 1.81. The lowest BCUT2D eigenvalue weighted by molar-refractivity contribution is -0.137. The zero-order valence-electron chi connectivity index (χ0n) is 14.8. The molecule has 26 heavy (non-hydrogen) atoms. The summed E-state index contributed by atoms with van der Waals surface area (Å²) < 4.78 is 15.4. The second-order valence-electron chi connectivity index (χ2n) is 5.54. The van der Waals surface area contributed by atoms with Gasteiger partial charge in [-0.15, -0.1) is 0 Å². The molecule has 0 spiro atoms. The van der Waals surface area contributed by atoms with Gasteiger partial charge in [-0.25, -0.2) is 4.79 Å². The molecule has 6 nitrogen and oxygen atoms in total. The van der Waals surface area contributed by atoms with Crippen molar-refractivity contribution in [2.75, 3.05) is 20.8 Å². The summed E-state index contributed by atoms with van der Waals surface area (Å²) in [6.07, 6.45) is 4.23. The molecule has 6 heteroatoms. The third-order valence-electron chi connectivity index (χ3n) is 3.70. The number of methoxy groups -OCH3 is 2. The van der Waals surface area contributed by atoms with Crippen LogP contribution in [-0.2, 0) is 16.0 Å². The van der Waals surface area contributed by atoms with Gasteiger partial charge in [-0.2, -0.15) is 0 Å². The molecule has 0 unspecified atom stereocenters. The number of esters is 1. The quantitative estimate of drug-likeness (QED) is 0.428. The fraction of sp³-hybridized carbons (Fsp3) is 0.250. The van der Waals surface area contributed by atoms with Crippen molar-refractivity contribution in [3.05, 3.63) is 53.6 Å². The summed E-state index contributed by atoms with van der Waals surface area (Å²) in [5.74, 6) is 0.386. The summed E-state index contributed by atoms with van der Waals surface area (Å²) in [6.45, 7) is 0.268. The Morgan fingerprint density at radius 1 is 1.04 bits per heavy atom. The first-order valence-corrected chi connectivity index (χ1v) is 8.11. The summed E-state index contributed by atoms with van der Waals surface area (Å²) in [5.41, 5.74) is 1.70. The van der Waals surface area contributed by atoms with Gasteiger partial charge in [0.15, 0.2) is 11.5 Å². The maximum Gasteiger partial charge on any atom is 0.330 e. The fourth-order valence-corrected chi connectivity index (χ4v) is 2.34. The van der Waals surface area contributed by atoms with Crippen molar-refractivity contribution < 1.29 is 29.2 Å². The molecule has 0 radical (unpaired) electrons. The minimum atomic E-state index is -0.432. The lowest BCUT2D eigenvalue weighted by Crippen LogP contribution is -2.03. The highest BCUT2D eigenvalue weighted by Gasteiger charge is 2.11. The number of phenols is 2. The van der Waals surface area contributed by atoms with Crippen molar-refractivity contribution in [1.82, 2.24) is 0 Å². The van der Waals surface area contributed by atoms with E-state index in [1.54, 1.807) is 42.5 Å². The molecular weight excluding hydrogens is 336 g/mol. The van der Waals surface area contributed by atoms with Crippen LogP contribution in [-0.4, -0.2) is 37.0 Å². The zero-order chi connectivity index (χ0) is 18.9. The molecular formula is C20H22O6. The van der Waals surface area contributed by atoms with Crippen LogP contribution in [0, 0.1) is 0 Å². The van der Waals surface area contributed by atoms with E-state index >= 15 is 0 Å². The summed E-state index contributed by atoms with van der Waals surface area (Å²) in [7, 11) is 2.95. The van der Waals surface area contributed by atoms with Crippen molar-refractivity contribution in [2.24, 2.45) is 0 Å². The average molecular weight is 358 g/mol. The molecule has 2 aromatic carbocycles. The molecule has 0 fully saturated rings. The monoisotopic (exact) mass is 358 g/mol. The molecule has 2 N–H and O–H groups in total. The Hall–Kier alpha value is -3.15. The van der Waals surface area contributed by atoms with Crippen molar-refractivity contribution in [1.29, 1.82) is 0 Å². The van der Waals surface area contributed by atoms with Crippen LogP contribution in [0.1, 0.15) is 17.5 Å². The van der Waals surface area contributed by atoms with E-state index in [1.165, 1.54) is 20.3 Å². The number of rotatable bonds is 8. The van der Waals surface area contributed by atoms with Crippen molar-refractivity contribution in [2.45, 2.75) is 12.8 Å². The summed E-state index contributed by atoms with van der Waals surface area (Å²) >= 11 is 0. The van der Waals surface area contributed by atoms with Crippen LogP contribution in [0.25, 0.3) is 6.08 Å². The SMILES string of the molecule is COc1cc(CCCOC(=O)/C=C/c2ccc(O)cc2)cc(OC)c1O. The van der Waals surface area contributed by atoms with E-state index in [-0.39, 0.29) is 18.1 Å². The van der Waals surface area contributed by atoms with Gasteiger partial charge < -0.3 is 24.4 Å². The van der Waals surface area contributed by atoms with Crippen LogP contribution < -0.4 is 9.47 Å². The lowest BCUT2D eigenvalue weighted by Gasteiger charge is -2.11. The summed E-state index contributed by atoms with van der Waals surface area (Å²) in [4.78, 5) is 11.7. The Kier molecular flexibility index (Phi) is 6.91. The number of phenolic OH excluding ortho intramolecular Hbond substituents is 2. The highest BCUT2D eigenvalue weighted by atomic mass is 16.5. The van der Waals surface area contributed by atoms with Gasteiger partial charge in [0.25, 0.3) is 0 Å². The van der Waals surface area contributed by atoms with E-state index in [2.05, 4.69) is 0 Å². The maximum absolute atomic E-state index is 11.7. The zero-order valence-corrected chi connectivity index (χ0v) is 14.8. The number of benzene rings is 2. The molecule has 2 aromatic rings. The van der Waals surface area contributed by atoms with Gasteiger partial charge >= 0.3 is 5.97 Å². The van der Waals surface area contributed by atoms with Gasteiger partial charge in [0.05, 0.1) is 20.8 Å². The summed E-state index contributed by atoms with van der Waals surface area (Å²) in [5, 5.41) is 19.1. The first-order chi connectivity index (χ1) is 12.5. The number of ether oxygens (including phenoxy) is 3. The number of carbonyl (C=O) groups excluding carboxylic acids is 1. The minimum Gasteiger partial charge on any atom is -0.508 e. The standard InChI is InChI=1S/C20H22O6/c1-24-17-12-15(13-18(25-2)20(17)23)4-3-11-26-19(22)10-7-14-5-8-16(21)9-6-14/h5-10,12-13,21,23H,3-4,11H2,1-2H3/b10-7+. The molecule has 0 aliphatic carbocycles. The number of aromatic hydroxyl groups is 2. The first kappa shape index (κ1) is 19.2. The molecule has 0 aliphatic rings. The van der Waals surface area contributed by atoms with Crippen molar-refractivity contribution in [3.8, 4) is 23.0 Å². The van der Waals surface area contributed by atoms with Crippen LogP contribution in [0.2, 0.25) is 0 Å². The lowest BCUT2D eigenvalue weighted by atomic mass is 10.1. The number of hydrogen-bond acceptors (Lipinski definition) is 6. The van der Waals surface area contributed by atoms with Gasteiger partial charge in [0, 0.05) is 6.08 Å². The predicted molar refractivity (Wildman–Crippen MR) is 97.6 cm³/mol. The van der Waals surface area contributed by atoms with E-state index in [0.717, 1.165) is 11.1 Å². The highest BCUT2D eigenvalue weighted by Crippen LogP contribution is 2.37. The summed E-state index contributed by atoms with van der Waals surface area (Å²) in [6, 6.07) is 9.95. The highest BCUT2D eigenvalue weighted by molar-refractivity contribution is 5.87. The van der Waals surface area contributed by atoms with E-state index in [1.807, 2.05) is 0 Å². The van der Waals surface area contributed by atoms with E-state index in [0.29, 0.717) is 24.3 Å². The Morgan fingerprint density at radius 3 is 2.23 bits per heavy atom. The van der Waals surface area contributed by atoms with Crippen LogP contribution in [0.15, 0.2) is 42.5 Å². The first-order valence-electron chi connectivity index (χ1n) is 8.11. The smallest absolute Gasteiger partial charge is 0.330 e. The average Bonchev–Trinajstić information content (AvgIpc) is 2.65. The molecule has 2 rings (SSSR count). The largest absolute Gasteiger partial charge is 0.508 e. The van der Waals surface area contributed by atoms with Gasteiger partial charge in [-0.05, 0) is 54.3 Å². The topological polar surface area (TPSA) is 85.2 Å². The van der Waals surface area contributed by atoms with E-state index in [4.69, 9.17) is 14.2 Å². The van der Waals surface area contributed by atoms with E-state index < -0.39 is 5.97 Å². The van der Waals surface area contributed by atoms with Crippen LogP contribution in [0.3, 0.4) is 0 Å². The maximum atomic E-state index is 11.7. The van der Waals surface area contributed by atoms with Crippen molar-refractivity contribution >= 4 is 12.0 Å². The molecule has 138 valence electrons. The molecule has 0 aromatic heterocycles. The molecule has 0 atom stereocenters. The molecule has 0 bridgehead atoms. The Labute approximate surface area is 152 Å². The molecule has 0 saturated carbocycles. The normalized spacial score (nSPS) is 10.7. The number of carbonyl (C=O) groups is 1. The van der Waals surface area contributed by atoms with E-state index in [9.17, 15) is 15.0 Å². The van der Waals surface area contributed by atoms with Crippen LogP contribution in [0.5, 0.6) is 23.0 Å². The second kappa shape index (κ2) is 9.36. The Morgan fingerprint density at radius 2 is 1.65 bits per heavy atom. The minimum absolute atomic E-state index is 0.0375. The Bertz CT molecular complexity index is 739. The molecule has 0 amide bonds. The molecule has 0 saturated heterocycles. The van der Waals surface area contributed by atoms with Gasteiger partial charge in [0.2, 0.25) is 5.75 Å². The van der Waals surface area contributed by atoms with Crippen LogP contribution in [0.4, 0.5) is 0 Å². The van der Waals surface area contributed by atoms with Gasteiger partial charge in [-0.1, -0.05) is 12.1 Å². The fourth-order valence-electron chi connectivity index (χ4n) is 2.34. The number of aryl methyl sites for hydroxylation is 1. The third kappa shape index (κ3) is 5.44. The molecule has 0 aliphatic heterocycles. The molecule has 0 heterocycles. The van der Waals surface area contributed by atoms with Gasteiger partial charge in [0.1, 0.15) is 5.75 Å².